The van der Waals surface area contributed by atoms with Gasteiger partial charge in [-0.3, -0.25) is 9.69 Å². The first-order valence-corrected chi connectivity index (χ1v) is 8.36. The second kappa shape index (κ2) is 7.42. The van der Waals surface area contributed by atoms with E-state index in [1.54, 1.807) is 0 Å². The molecular formula is C20H24N2O. The van der Waals surface area contributed by atoms with Crippen LogP contribution in [0, 0.1) is 5.92 Å². The molecule has 2 N–H and O–H groups in total. The highest BCUT2D eigenvalue weighted by atomic mass is 16.1. The molecule has 0 aromatic heterocycles. The SMILES string of the molecule is NC(=O)C(c1ccccc1)N1CCC(Cc2ccccc2)CC1. The lowest BCUT2D eigenvalue weighted by Gasteiger charge is -2.36. The Morgan fingerprint density at radius 3 is 2.13 bits per heavy atom. The molecule has 0 aliphatic carbocycles. The summed E-state index contributed by atoms with van der Waals surface area (Å²) in [6.45, 7) is 1.86. The Morgan fingerprint density at radius 1 is 1.00 bits per heavy atom. The van der Waals surface area contributed by atoms with Gasteiger partial charge in [0.15, 0.2) is 0 Å². The van der Waals surface area contributed by atoms with E-state index in [0.717, 1.165) is 37.9 Å². The van der Waals surface area contributed by atoms with Crippen LogP contribution >= 0.6 is 0 Å². The number of hydrogen-bond acceptors (Lipinski definition) is 2. The molecule has 1 amide bonds. The lowest BCUT2D eigenvalue weighted by molar-refractivity contribution is -0.124. The molecule has 1 unspecified atom stereocenters. The molecule has 3 nitrogen and oxygen atoms in total. The zero-order valence-electron chi connectivity index (χ0n) is 13.4. The number of hydrogen-bond donors (Lipinski definition) is 1. The van der Waals surface area contributed by atoms with Gasteiger partial charge in [0.25, 0.3) is 0 Å². The van der Waals surface area contributed by atoms with Crippen LogP contribution in [0.5, 0.6) is 0 Å². The first kappa shape index (κ1) is 15.8. The van der Waals surface area contributed by atoms with E-state index >= 15 is 0 Å². The van der Waals surface area contributed by atoms with Gasteiger partial charge in [-0.15, -0.1) is 0 Å². The first-order valence-electron chi connectivity index (χ1n) is 8.36. The lowest BCUT2D eigenvalue weighted by Crippen LogP contribution is -2.42. The van der Waals surface area contributed by atoms with E-state index in [9.17, 15) is 4.79 Å². The third-order valence-corrected chi connectivity index (χ3v) is 4.77. The molecule has 1 aliphatic heterocycles. The van der Waals surface area contributed by atoms with E-state index in [0.29, 0.717) is 5.92 Å². The fraction of sp³-hybridized carbons (Fsp3) is 0.350. The van der Waals surface area contributed by atoms with Gasteiger partial charge in [0, 0.05) is 0 Å². The number of likely N-dealkylation sites (tertiary alicyclic amines) is 1. The second-order valence-electron chi connectivity index (χ2n) is 6.38. The van der Waals surface area contributed by atoms with Crippen molar-refractivity contribution in [2.75, 3.05) is 13.1 Å². The topological polar surface area (TPSA) is 46.3 Å². The summed E-state index contributed by atoms with van der Waals surface area (Å²) >= 11 is 0. The molecule has 0 spiro atoms. The standard InChI is InChI=1S/C20H24N2O/c21-20(23)19(18-9-5-2-6-10-18)22-13-11-17(12-14-22)15-16-7-3-1-4-8-16/h1-10,17,19H,11-15H2,(H2,21,23). The van der Waals surface area contributed by atoms with Gasteiger partial charge in [-0.2, -0.15) is 0 Å². The highest BCUT2D eigenvalue weighted by molar-refractivity contribution is 5.81. The molecule has 0 radical (unpaired) electrons. The van der Waals surface area contributed by atoms with Crippen LogP contribution in [-0.2, 0) is 11.2 Å². The van der Waals surface area contributed by atoms with E-state index in [1.807, 2.05) is 30.3 Å². The minimum Gasteiger partial charge on any atom is -0.368 e. The lowest BCUT2D eigenvalue weighted by atomic mass is 9.89. The summed E-state index contributed by atoms with van der Waals surface area (Å²) in [5, 5.41) is 0. The summed E-state index contributed by atoms with van der Waals surface area (Å²) in [5.74, 6) is 0.440. The average molecular weight is 308 g/mol. The zero-order valence-corrected chi connectivity index (χ0v) is 13.4. The van der Waals surface area contributed by atoms with E-state index in [-0.39, 0.29) is 11.9 Å². The number of piperidine rings is 1. The summed E-state index contributed by atoms with van der Waals surface area (Å²) in [6, 6.07) is 20.2. The second-order valence-corrected chi connectivity index (χ2v) is 6.38. The molecule has 3 heteroatoms. The van der Waals surface area contributed by atoms with Crippen molar-refractivity contribution in [3.05, 3.63) is 71.8 Å². The van der Waals surface area contributed by atoms with Crippen LogP contribution < -0.4 is 5.73 Å². The smallest absolute Gasteiger partial charge is 0.239 e. The highest BCUT2D eigenvalue weighted by Gasteiger charge is 2.29. The van der Waals surface area contributed by atoms with E-state index in [4.69, 9.17) is 5.73 Å². The van der Waals surface area contributed by atoms with Crippen LogP contribution in [0.25, 0.3) is 0 Å². The minimum absolute atomic E-state index is 0.252. The molecule has 0 saturated carbocycles. The maximum Gasteiger partial charge on any atom is 0.239 e. The molecule has 3 rings (SSSR count). The number of amides is 1. The Kier molecular flexibility index (Phi) is 5.09. The number of primary amides is 1. The summed E-state index contributed by atoms with van der Waals surface area (Å²) in [6.07, 6.45) is 3.36. The number of benzene rings is 2. The summed E-state index contributed by atoms with van der Waals surface area (Å²) < 4.78 is 0. The predicted octanol–water partition coefficient (Wildman–Crippen LogP) is 3.17. The Bertz CT molecular complexity index is 619. The van der Waals surface area contributed by atoms with Gasteiger partial charge in [-0.1, -0.05) is 60.7 Å². The van der Waals surface area contributed by atoms with Crippen molar-refractivity contribution >= 4 is 5.91 Å². The maximum atomic E-state index is 12.0. The number of nitrogens with two attached hydrogens (primary N) is 1. The van der Waals surface area contributed by atoms with Gasteiger partial charge in [0.05, 0.1) is 0 Å². The molecule has 2 aromatic carbocycles. The highest BCUT2D eigenvalue weighted by Crippen LogP contribution is 2.28. The maximum absolute atomic E-state index is 12.0. The fourth-order valence-corrected chi connectivity index (χ4v) is 3.55. The molecular weight excluding hydrogens is 284 g/mol. The molecule has 120 valence electrons. The number of carbonyl (C=O) groups excluding carboxylic acids is 1. The Labute approximate surface area is 138 Å². The number of nitrogens with zero attached hydrogens (tertiary/aromatic N) is 1. The van der Waals surface area contributed by atoms with Crippen molar-refractivity contribution in [1.29, 1.82) is 0 Å². The van der Waals surface area contributed by atoms with Gasteiger partial charge in [-0.25, -0.2) is 0 Å². The van der Waals surface area contributed by atoms with Crippen LogP contribution in [0.3, 0.4) is 0 Å². The minimum atomic E-state index is -0.297. The quantitative estimate of drug-likeness (QED) is 0.922. The molecule has 23 heavy (non-hydrogen) atoms. The van der Waals surface area contributed by atoms with Crippen molar-refractivity contribution in [3.8, 4) is 0 Å². The predicted molar refractivity (Wildman–Crippen MR) is 92.8 cm³/mol. The first-order chi connectivity index (χ1) is 11.2. The molecule has 1 atom stereocenters. The normalized spacial score (nSPS) is 17.7. The van der Waals surface area contributed by atoms with Crippen LogP contribution in [-0.4, -0.2) is 23.9 Å². The molecule has 0 bridgehead atoms. The molecule has 1 heterocycles. The molecule has 1 saturated heterocycles. The average Bonchev–Trinajstić information content (AvgIpc) is 2.58. The van der Waals surface area contributed by atoms with E-state index < -0.39 is 0 Å². The van der Waals surface area contributed by atoms with Gasteiger partial charge in [0.1, 0.15) is 6.04 Å². The van der Waals surface area contributed by atoms with Crippen LogP contribution in [0.1, 0.15) is 30.0 Å². The summed E-state index contributed by atoms with van der Waals surface area (Å²) in [7, 11) is 0. The van der Waals surface area contributed by atoms with Crippen molar-refractivity contribution in [2.24, 2.45) is 11.7 Å². The van der Waals surface area contributed by atoms with Gasteiger partial charge in [0.2, 0.25) is 5.91 Å². The number of carbonyl (C=O) groups is 1. The fourth-order valence-electron chi connectivity index (χ4n) is 3.55. The van der Waals surface area contributed by atoms with Gasteiger partial charge < -0.3 is 5.73 Å². The van der Waals surface area contributed by atoms with Crippen LogP contribution in [0.4, 0.5) is 0 Å². The third-order valence-electron chi connectivity index (χ3n) is 4.77. The van der Waals surface area contributed by atoms with Crippen molar-refractivity contribution in [2.45, 2.75) is 25.3 Å². The Morgan fingerprint density at radius 2 is 1.57 bits per heavy atom. The Balaban J connectivity index is 1.62. The summed E-state index contributed by atoms with van der Waals surface area (Å²) in [4.78, 5) is 14.2. The largest absolute Gasteiger partial charge is 0.368 e. The third kappa shape index (κ3) is 3.99. The van der Waals surface area contributed by atoms with Crippen LogP contribution in [0.15, 0.2) is 60.7 Å². The van der Waals surface area contributed by atoms with Gasteiger partial charge >= 0.3 is 0 Å². The molecule has 2 aromatic rings. The van der Waals surface area contributed by atoms with Crippen molar-refractivity contribution in [1.82, 2.24) is 4.90 Å². The van der Waals surface area contributed by atoms with Crippen molar-refractivity contribution in [3.63, 3.8) is 0 Å². The molecule has 1 fully saturated rings. The van der Waals surface area contributed by atoms with Gasteiger partial charge in [-0.05, 0) is 49.4 Å². The number of rotatable bonds is 5. The Hall–Kier alpha value is -2.13. The zero-order chi connectivity index (χ0) is 16.1. The monoisotopic (exact) mass is 308 g/mol. The van der Waals surface area contributed by atoms with E-state index in [2.05, 4.69) is 35.2 Å². The van der Waals surface area contributed by atoms with E-state index in [1.165, 1.54) is 5.56 Å². The van der Waals surface area contributed by atoms with Crippen molar-refractivity contribution < 1.29 is 4.79 Å². The summed E-state index contributed by atoms with van der Waals surface area (Å²) in [5.41, 5.74) is 8.08. The van der Waals surface area contributed by atoms with Crippen LogP contribution in [0.2, 0.25) is 0 Å². The molecule has 1 aliphatic rings.